The summed E-state index contributed by atoms with van der Waals surface area (Å²) < 4.78 is 12.0. The molecule has 0 spiro atoms. The molecule has 1 fully saturated rings. The molecule has 1 heterocycles. The van der Waals surface area contributed by atoms with Gasteiger partial charge < -0.3 is 24.4 Å². The Morgan fingerprint density at radius 3 is 2.34 bits per heavy atom. The summed E-state index contributed by atoms with van der Waals surface area (Å²) >= 11 is 0. The minimum absolute atomic E-state index is 0.119. The summed E-state index contributed by atoms with van der Waals surface area (Å²) in [5, 5.41) is 12.1. The number of likely N-dealkylation sites (N-methyl/N-ethyl adjacent to an activating group) is 1. The van der Waals surface area contributed by atoms with Crippen LogP contribution in [0.1, 0.15) is 50.3 Å². The van der Waals surface area contributed by atoms with E-state index >= 15 is 0 Å². The highest BCUT2D eigenvalue weighted by atomic mass is 16.6. The highest BCUT2D eigenvalue weighted by Gasteiger charge is 2.32. The molecule has 0 aromatic heterocycles. The number of nitrogens with zero attached hydrogens (tertiary/aromatic N) is 2. The fraction of sp³-hybridized carbons (Fsp3) is 0.419. The summed E-state index contributed by atoms with van der Waals surface area (Å²) in [5.74, 6) is -0.434. The number of likely N-dealkylation sites (tertiary alicyclic amines) is 1. The van der Waals surface area contributed by atoms with Crippen LogP contribution in [0, 0.1) is 0 Å². The standard InChI is InChI=1S/C31H38N2O5/c1-31(2,3)38-30(36)32(4)20-27(25-15-14-22-10-8-9-13-24(22)18-25)29(23-11-6-5-7-12-23)37-21-28(35)33-17-16-26(34)19-33/h5-15,18,26-27,29,34H,16-17,19-21H2,1-4H3/t26-,27-,29-/m1/s1. The van der Waals surface area contributed by atoms with Crippen LogP contribution in [0.4, 0.5) is 4.79 Å². The molecule has 0 radical (unpaired) electrons. The third-order valence-electron chi connectivity index (χ3n) is 6.77. The number of rotatable bonds is 8. The first kappa shape index (κ1) is 27.6. The third-order valence-corrected chi connectivity index (χ3v) is 6.77. The summed E-state index contributed by atoms with van der Waals surface area (Å²) in [6.45, 7) is 6.58. The van der Waals surface area contributed by atoms with Crippen LogP contribution in [-0.2, 0) is 14.3 Å². The van der Waals surface area contributed by atoms with Crippen LogP contribution in [0.25, 0.3) is 10.8 Å². The lowest BCUT2D eigenvalue weighted by Crippen LogP contribution is -2.38. The molecule has 3 aromatic carbocycles. The van der Waals surface area contributed by atoms with Crippen molar-refractivity contribution in [2.75, 3.05) is 33.3 Å². The SMILES string of the molecule is CN(C[C@H](c1ccc2ccccc2c1)[C@H](OCC(=O)N1CC[C@@H](O)C1)c1ccccc1)C(=O)OC(C)(C)C. The van der Waals surface area contributed by atoms with E-state index in [0.717, 1.165) is 21.9 Å². The highest BCUT2D eigenvalue weighted by molar-refractivity contribution is 5.83. The zero-order valence-electron chi connectivity index (χ0n) is 22.7. The molecule has 38 heavy (non-hydrogen) atoms. The lowest BCUT2D eigenvalue weighted by atomic mass is 9.87. The molecular weight excluding hydrogens is 480 g/mol. The van der Waals surface area contributed by atoms with Gasteiger partial charge in [-0.1, -0.05) is 72.8 Å². The molecule has 1 aliphatic heterocycles. The van der Waals surface area contributed by atoms with Gasteiger partial charge in [-0.15, -0.1) is 0 Å². The van der Waals surface area contributed by atoms with Crippen LogP contribution in [0.2, 0.25) is 0 Å². The second kappa shape index (κ2) is 12.0. The van der Waals surface area contributed by atoms with Crippen molar-refractivity contribution < 1.29 is 24.2 Å². The predicted molar refractivity (Wildman–Crippen MR) is 148 cm³/mol. The number of carbonyl (C=O) groups is 2. The summed E-state index contributed by atoms with van der Waals surface area (Å²) in [6, 6.07) is 24.2. The van der Waals surface area contributed by atoms with Crippen LogP contribution in [0.3, 0.4) is 0 Å². The first-order valence-corrected chi connectivity index (χ1v) is 13.2. The van der Waals surface area contributed by atoms with Gasteiger partial charge in [-0.3, -0.25) is 4.79 Å². The van der Waals surface area contributed by atoms with Gasteiger partial charge in [0.1, 0.15) is 12.2 Å². The fourth-order valence-electron chi connectivity index (χ4n) is 4.83. The normalized spacial score (nSPS) is 17.3. The lowest BCUT2D eigenvalue weighted by Gasteiger charge is -2.33. The largest absolute Gasteiger partial charge is 0.444 e. The van der Waals surface area contributed by atoms with E-state index in [1.807, 2.05) is 63.2 Å². The number of benzene rings is 3. The summed E-state index contributed by atoms with van der Waals surface area (Å²) in [7, 11) is 1.72. The minimum atomic E-state index is -0.619. The Hall–Kier alpha value is -3.42. The van der Waals surface area contributed by atoms with Crippen LogP contribution < -0.4 is 0 Å². The maximum absolute atomic E-state index is 13.0. The van der Waals surface area contributed by atoms with Crippen molar-refractivity contribution in [1.82, 2.24) is 9.80 Å². The molecule has 1 N–H and O–H groups in total. The average molecular weight is 519 g/mol. The third kappa shape index (κ3) is 7.11. The number of fused-ring (bicyclic) bond motifs is 1. The Labute approximate surface area is 225 Å². The highest BCUT2D eigenvalue weighted by Crippen LogP contribution is 2.36. The molecule has 2 amide bonds. The van der Waals surface area contributed by atoms with Crippen LogP contribution in [-0.4, -0.2) is 71.9 Å². The minimum Gasteiger partial charge on any atom is -0.444 e. The van der Waals surface area contributed by atoms with Crippen LogP contribution >= 0.6 is 0 Å². The number of hydrogen-bond acceptors (Lipinski definition) is 5. The van der Waals surface area contributed by atoms with E-state index in [1.54, 1.807) is 16.8 Å². The number of aliphatic hydroxyl groups is 1. The number of β-amino-alcohol motifs (C(OH)–C–C–N with tert-alkyl or cyclic N) is 1. The van der Waals surface area contributed by atoms with Crippen molar-refractivity contribution in [3.8, 4) is 0 Å². The van der Waals surface area contributed by atoms with Crippen molar-refractivity contribution in [3.63, 3.8) is 0 Å². The van der Waals surface area contributed by atoms with Gasteiger partial charge >= 0.3 is 6.09 Å². The molecular formula is C31H38N2O5. The zero-order valence-corrected chi connectivity index (χ0v) is 22.7. The Bertz CT molecular complexity index is 1240. The van der Waals surface area contributed by atoms with E-state index < -0.39 is 23.9 Å². The van der Waals surface area contributed by atoms with Gasteiger partial charge in [0.25, 0.3) is 0 Å². The van der Waals surface area contributed by atoms with Gasteiger partial charge in [0, 0.05) is 32.6 Å². The van der Waals surface area contributed by atoms with E-state index in [4.69, 9.17) is 9.47 Å². The molecule has 1 aliphatic rings. The first-order valence-electron chi connectivity index (χ1n) is 13.2. The number of aliphatic hydroxyl groups excluding tert-OH is 1. The molecule has 4 rings (SSSR count). The molecule has 0 saturated carbocycles. The smallest absolute Gasteiger partial charge is 0.410 e. The van der Waals surface area contributed by atoms with Crippen molar-refractivity contribution in [2.45, 2.75) is 50.9 Å². The lowest BCUT2D eigenvalue weighted by molar-refractivity contribution is -0.138. The summed E-state index contributed by atoms with van der Waals surface area (Å²) in [6.07, 6.45) is -0.832. The Balaban J connectivity index is 1.67. The van der Waals surface area contributed by atoms with E-state index in [0.29, 0.717) is 26.1 Å². The molecule has 0 bridgehead atoms. The molecule has 0 aliphatic carbocycles. The summed E-state index contributed by atoms with van der Waals surface area (Å²) in [4.78, 5) is 29.1. The summed E-state index contributed by atoms with van der Waals surface area (Å²) in [5.41, 5.74) is 1.29. The van der Waals surface area contributed by atoms with Gasteiger partial charge in [0.2, 0.25) is 5.91 Å². The molecule has 202 valence electrons. The number of hydrogen-bond donors (Lipinski definition) is 1. The van der Waals surface area contributed by atoms with Crippen molar-refractivity contribution in [1.29, 1.82) is 0 Å². The van der Waals surface area contributed by atoms with Gasteiger partial charge in [-0.05, 0) is 49.1 Å². The molecule has 7 heteroatoms. The van der Waals surface area contributed by atoms with Crippen LogP contribution in [0.5, 0.6) is 0 Å². The van der Waals surface area contributed by atoms with E-state index in [2.05, 4.69) is 30.3 Å². The number of carbonyl (C=O) groups excluding carboxylic acids is 2. The Kier molecular flexibility index (Phi) is 8.69. The number of amides is 2. The Morgan fingerprint density at radius 1 is 1.00 bits per heavy atom. The van der Waals surface area contributed by atoms with Gasteiger partial charge in [-0.25, -0.2) is 4.79 Å². The number of ether oxygens (including phenoxy) is 2. The second-order valence-electron chi connectivity index (χ2n) is 11.0. The van der Waals surface area contributed by atoms with Gasteiger partial charge in [-0.2, -0.15) is 0 Å². The van der Waals surface area contributed by atoms with E-state index in [-0.39, 0.29) is 18.4 Å². The van der Waals surface area contributed by atoms with Gasteiger partial charge in [0.05, 0.1) is 12.2 Å². The average Bonchev–Trinajstić information content (AvgIpc) is 3.33. The van der Waals surface area contributed by atoms with Crippen molar-refractivity contribution >= 4 is 22.8 Å². The Morgan fingerprint density at radius 2 is 1.68 bits per heavy atom. The first-order chi connectivity index (χ1) is 18.1. The van der Waals surface area contributed by atoms with Crippen molar-refractivity contribution in [2.24, 2.45) is 0 Å². The monoisotopic (exact) mass is 518 g/mol. The van der Waals surface area contributed by atoms with Gasteiger partial charge in [0.15, 0.2) is 0 Å². The molecule has 0 unspecified atom stereocenters. The van der Waals surface area contributed by atoms with Crippen molar-refractivity contribution in [3.05, 3.63) is 83.9 Å². The maximum Gasteiger partial charge on any atom is 0.410 e. The quantitative estimate of drug-likeness (QED) is 0.447. The zero-order chi connectivity index (χ0) is 27.3. The second-order valence-corrected chi connectivity index (χ2v) is 11.0. The maximum atomic E-state index is 13.0. The topological polar surface area (TPSA) is 79.3 Å². The van der Waals surface area contributed by atoms with E-state index in [1.165, 1.54) is 0 Å². The molecule has 3 atom stereocenters. The van der Waals surface area contributed by atoms with E-state index in [9.17, 15) is 14.7 Å². The molecule has 7 nitrogen and oxygen atoms in total. The fourth-order valence-corrected chi connectivity index (χ4v) is 4.83. The van der Waals surface area contributed by atoms with Crippen LogP contribution in [0.15, 0.2) is 72.8 Å². The molecule has 3 aromatic rings. The molecule has 1 saturated heterocycles. The predicted octanol–water partition coefficient (Wildman–Crippen LogP) is 5.14.